The van der Waals surface area contributed by atoms with E-state index >= 15 is 0 Å². The molecule has 1 aromatic carbocycles. The monoisotopic (exact) mass is 220 g/mol. The number of aliphatic hydroxyl groups excluding tert-OH is 1. The van der Waals surface area contributed by atoms with Crippen molar-refractivity contribution in [2.24, 2.45) is 5.41 Å². The zero-order valence-electron chi connectivity index (χ0n) is 10.3. The summed E-state index contributed by atoms with van der Waals surface area (Å²) in [4.78, 5) is 0. The summed E-state index contributed by atoms with van der Waals surface area (Å²) in [5, 5.41) is 10.2. The lowest BCUT2D eigenvalue weighted by molar-refractivity contribution is 0.0625. The first kappa shape index (κ1) is 11.5. The van der Waals surface area contributed by atoms with Crippen molar-refractivity contribution in [1.29, 1.82) is 0 Å². The predicted molar refractivity (Wildman–Crippen MR) is 64.7 cm³/mol. The molecular formula is C14H20O2. The molecule has 0 amide bonds. The smallest absolute Gasteiger partial charge is 0.122 e. The molecule has 1 N–H and O–H groups in total. The van der Waals surface area contributed by atoms with Crippen LogP contribution in [0.15, 0.2) is 18.2 Å². The summed E-state index contributed by atoms with van der Waals surface area (Å²) in [6.07, 6.45) is 1.71. The van der Waals surface area contributed by atoms with Gasteiger partial charge in [0.1, 0.15) is 5.75 Å². The van der Waals surface area contributed by atoms with Crippen molar-refractivity contribution in [2.45, 2.75) is 39.7 Å². The number of fused-ring (bicyclic) bond motifs is 1. The van der Waals surface area contributed by atoms with E-state index in [1.165, 1.54) is 5.56 Å². The van der Waals surface area contributed by atoms with Crippen molar-refractivity contribution in [3.8, 4) is 5.75 Å². The number of aryl methyl sites for hydroxylation is 1. The molecule has 0 aliphatic carbocycles. The Kier molecular flexibility index (Phi) is 2.94. The summed E-state index contributed by atoms with van der Waals surface area (Å²) in [6, 6.07) is 6.04. The molecule has 1 unspecified atom stereocenters. The first-order chi connectivity index (χ1) is 7.48. The molecule has 0 aromatic heterocycles. The first-order valence-corrected chi connectivity index (χ1v) is 5.92. The van der Waals surface area contributed by atoms with Crippen LogP contribution in [-0.2, 0) is 6.42 Å². The van der Waals surface area contributed by atoms with Crippen LogP contribution in [0.4, 0.5) is 0 Å². The molecule has 2 rings (SSSR count). The topological polar surface area (TPSA) is 29.5 Å². The number of ether oxygens (including phenoxy) is 1. The van der Waals surface area contributed by atoms with Gasteiger partial charge in [-0.3, -0.25) is 0 Å². The Morgan fingerprint density at radius 3 is 2.75 bits per heavy atom. The summed E-state index contributed by atoms with van der Waals surface area (Å²) in [6.45, 7) is 6.96. The number of hydrogen-bond donors (Lipinski definition) is 1. The molecule has 0 saturated heterocycles. The van der Waals surface area contributed by atoms with E-state index in [1.54, 1.807) is 0 Å². The average Bonchev–Trinajstić information content (AvgIpc) is 2.26. The van der Waals surface area contributed by atoms with Gasteiger partial charge in [-0.15, -0.1) is 0 Å². The van der Waals surface area contributed by atoms with E-state index in [0.717, 1.165) is 30.8 Å². The predicted octanol–water partition coefficient (Wildman–Crippen LogP) is 3.09. The highest BCUT2D eigenvalue weighted by atomic mass is 16.5. The molecule has 2 nitrogen and oxygen atoms in total. The molecule has 2 heteroatoms. The second-order valence-corrected chi connectivity index (χ2v) is 5.59. The summed E-state index contributed by atoms with van der Waals surface area (Å²) in [5.41, 5.74) is 2.10. The van der Waals surface area contributed by atoms with Gasteiger partial charge in [0.25, 0.3) is 0 Å². The quantitative estimate of drug-likeness (QED) is 0.788. The van der Waals surface area contributed by atoms with Gasteiger partial charge in [0.2, 0.25) is 0 Å². The van der Waals surface area contributed by atoms with Crippen molar-refractivity contribution in [1.82, 2.24) is 0 Å². The average molecular weight is 220 g/mol. The van der Waals surface area contributed by atoms with Crippen LogP contribution in [0.25, 0.3) is 0 Å². The fourth-order valence-electron chi connectivity index (χ4n) is 2.05. The van der Waals surface area contributed by atoms with Crippen molar-refractivity contribution < 1.29 is 9.84 Å². The maximum atomic E-state index is 10.2. The minimum absolute atomic E-state index is 0.121. The first-order valence-electron chi connectivity index (χ1n) is 5.92. The van der Waals surface area contributed by atoms with Crippen LogP contribution in [0.1, 0.15) is 44.4 Å². The Balaban J connectivity index is 2.30. The molecule has 1 aliphatic heterocycles. The normalized spacial score (nSPS) is 17.5. The van der Waals surface area contributed by atoms with Crippen LogP contribution < -0.4 is 4.74 Å². The zero-order chi connectivity index (χ0) is 11.8. The van der Waals surface area contributed by atoms with E-state index in [1.807, 2.05) is 32.9 Å². The Hall–Kier alpha value is -1.02. The van der Waals surface area contributed by atoms with E-state index in [0.29, 0.717) is 0 Å². The Morgan fingerprint density at radius 2 is 2.06 bits per heavy atom. The van der Waals surface area contributed by atoms with E-state index < -0.39 is 6.10 Å². The highest BCUT2D eigenvalue weighted by molar-refractivity contribution is 5.39. The third-order valence-corrected chi connectivity index (χ3v) is 3.07. The van der Waals surface area contributed by atoms with Crippen molar-refractivity contribution in [3.63, 3.8) is 0 Å². The fraction of sp³-hybridized carbons (Fsp3) is 0.571. The SMILES string of the molecule is CC(C)(C)C(O)c1ccc2c(c1)CCCO2. The summed E-state index contributed by atoms with van der Waals surface area (Å²) in [7, 11) is 0. The van der Waals surface area contributed by atoms with Crippen LogP contribution in [0.5, 0.6) is 5.75 Å². The molecule has 1 aliphatic rings. The maximum Gasteiger partial charge on any atom is 0.122 e. The fourth-order valence-corrected chi connectivity index (χ4v) is 2.05. The Bertz CT molecular complexity index is 377. The lowest BCUT2D eigenvalue weighted by Crippen LogP contribution is -2.18. The molecule has 0 spiro atoms. The molecule has 88 valence electrons. The zero-order valence-corrected chi connectivity index (χ0v) is 10.3. The van der Waals surface area contributed by atoms with Gasteiger partial charge in [-0.25, -0.2) is 0 Å². The van der Waals surface area contributed by atoms with Gasteiger partial charge in [0, 0.05) is 0 Å². The van der Waals surface area contributed by atoms with Crippen molar-refractivity contribution in [2.75, 3.05) is 6.61 Å². The number of aliphatic hydroxyl groups is 1. The minimum atomic E-state index is -0.417. The summed E-state index contributed by atoms with van der Waals surface area (Å²) >= 11 is 0. The van der Waals surface area contributed by atoms with Crippen LogP contribution in [0, 0.1) is 5.41 Å². The Labute approximate surface area is 97.3 Å². The van der Waals surface area contributed by atoms with E-state index in [2.05, 4.69) is 6.07 Å². The number of hydrogen-bond acceptors (Lipinski definition) is 2. The largest absolute Gasteiger partial charge is 0.493 e. The van der Waals surface area contributed by atoms with Crippen molar-refractivity contribution >= 4 is 0 Å². The lowest BCUT2D eigenvalue weighted by Gasteiger charge is -2.27. The second-order valence-electron chi connectivity index (χ2n) is 5.59. The number of rotatable bonds is 1. The second kappa shape index (κ2) is 4.10. The van der Waals surface area contributed by atoms with Crippen LogP contribution in [0.3, 0.4) is 0 Å². The molecule has 0 fully saturated rings. The molecule has 0 bridgehead atoms. The summed E-state index contributed by atoms with van der Waals surface area (Å²) in [5.74, 6) is 0.983. The molecule has 0 saturated carbocycles. The van der Waals surface area contributed by atoms with Crippen molar-refractivity contribution in [3.05, 3.63) is 29.3 Å². The highest BCUT2D eigenvalue weighted by Crippen LogP contribution is 2.35. The third kappa shape index (κ3) is 2.22. The highest BCUT2D eigenvalue weighted by Gasteiger charge is 2.24. The van der Waals surface area contributed by atoms with Gasteiger partial charge in [-0.2, -0.15) is 0 Å². The van der Waals surface area contributed by atoms with Gasteiger partial charge in [0.15, 0.2) is 0 Å². The minimum Gasteiger partial charge on any atom is -0.493 e. The molecule has 1 atom stereocenters. The van der Waals surface area contributed by atoms with Gasteiger partial charge < -0.3 is 9.84 Å². The summed E-state index contributed by atoms with van der Waals surface area (Å²) < 4.78 is 5.56. The van der Waals surface area contributed by atoms with Gasteiger partial charge >= 0.3 is 0 Å². The van der Waals surface area contributed by atoms with Gasteiger partial charge in [0.05, 0.1) is 12.7 Å². The molecule has 0 radical (unpaired) electrons. The van der Waals surface area contributed by atoms with Gasteiger partial charge in [-0.05, 0) is 41.5 Å². The number of benzene rings is 1. The van der Waals surface area contributed by atoms with E-state index in [-0.39, 0.29) is 5.41 Å². The maximum absolute atomic E-state index is 10.2. The third-order valence-electron chi connectivity index (χ3n) is 3.07. The molecule has 1 aromatic rings. The lowest BCUT2D eigenvalue weighted by atomic mass is 9.84. The van der Waals surface area contributed by atoms with E-state index in [4.69, 9.17) is 4.74 Å². The van der Waals surface area contributed by atoms with Crippen LogP contribution >= 0.6 is 0 Å². The molecular weight excluding hydrogens is 200 g/mol. The standard InChI is InChI=1S/C14H20O2/c1-14(2,3)13(15)11-6-7-12-10(9-11)5-4-8-16-12/h6-7,9,13,15H,4-5,8H2,1-3H3. The van der Waals surface area contributed by atoms with Crippen LogP contribution in [0.2, 0.25) is 0 Å². The van der Waals surface area contributed by atoms with Gasteiger partial charge in [-0.1, -0.05) is 26.8 Å². The molecule has 1 heterocycles. The van der Waals surface area contributed by atoms with Crippen LogP contribution in [-0.4, -0.2) is 11.7 Å². The Morgan fingerprint density at radius 1 is 1.31 bits per heavy atom. The van der Waals surface area contributed by atoms with E-state index in [9.17, 15) is 5.11 Å². The molecule has 16 heavy (non-hydrogen) atoms.